The topological polar surface area (TPSA) is 9.23 Å². The lowest BCUT2D eigenvalue weighted by molar-refractivity contribution is -0.274. The first-order chi connectivity index (χ1) is 6.40. The minimum atomic E-state index is -4.66. The Balaban J connectivity index is 3.02. The second-order valence-electron chi connectivity index (χ2n) is 2.82. The van der Waals surface area contributed by atoms with Crippen LogP contribution in [0.15, 0.2) is 30.8 Å². The molecule has 76 valence electrons. The van der Waals surface area contributed by atoms with E-state index in [1.807, 2.05) is 0 Å². The van der Waals surface area contributed by atoms with Crippen molar-refractivity contribution in [3.8, 4) is 5.75 Å². The molecular weight excluding hydrogens is 193 g/mol. The number of hydrogen-bond acceptors (Lipinski definition) is 1. The Bertz CT molecular complexity index is 341. The van der Waals surface area contributed by atoms with Crippen LogP contribution in [0.3, 0.4) is 0 Å². The molecule has 1 aromatic rings. The lowest BCUT2D eigenvalue weighted by atomic mass is 10.1. The fraction of sp³-hybridized carbons (Fsp3) is 0.200. The molecule has 14 heavy (non-hydrogen) atoms. The summed E-state index contributed by atoms with van der Waals surface area (Å²) in [6, 6.07) is 5.90. The van der Waals surface area contributed by atoms with Crippen molar-refractivity contribution in [1.29, 1.82) is 0 Å². The molecule has 0 saturated heterocycles. The number of benzene rings is 1. The number of ether oxygens (including phenoxy) is 1. The summed E-state index contributed by atoms with van der Waals surface area (Å²) in [5, 5.41) is 0. The number of hydrogen-bond donors (Lipinski definition) is 0. The van der Waals surface area contributed by atoms with Crippen LogP contribution in [0.4, 0.5) is 13.2 Å². The van der Waals surface area contributed by atoms with Crippen LogP contribution >= 0.6 is 0 Å². The van der Waals surface area contributed by atoms with Crippen LogP contribution in [-0.2, 0) is 0 Å². The third-order valence-electron chi connectivity index (χ3n) is 1.57. The van der Waals surface area contributed by atoms with Gasteiger partial charge in [-0.05, 0) is 18.6 Å². The maximum atomic E-state index is 11.9. The molecular formula is C10H9F3O. The van der Waals surface area contributed by atoms with Gasteiger partial charge in [0.25, 0.3) is 0 Å². The Morgan fingerprint density at radius 3 is 2.36 bits per heavy atom. The monoisotopic (exact) mass is 202 g/mol. The summed E-state index contributed by atoms with van der Waals surface area (Å²) < 4.78 is 39.6. The Kier molecular flexibility index (Phi) is 2.84. The molecule has 0 bridgehead atoms. The minimum absolute atomic E-state index is 0.215. The summed E-state index contributed by atoms with van der Waals surface area (Å²) >= 11 is 0. The van der Waals surface area contributed by atoms with Gasteiger partial charge in [-0.15, -0.1) is 13.2 Å². The van der Waals surface area contributed by atoms with E-state index in [4.69, 9.17) is 0 Å². The fourth-order valence-corrected chi connectivity index (χ4v) is 1.03. The molecule has 4 heteroatoms. The first-order valence-corrected chi connectivity index (χ1v) is 3.91. The fourth-order valence-electron chi connectivity index (χ4n) is 1.03. The van der Waals surface area contributed by atoms with Crippen molar-refractivity contribution < 1.29 is 17.9 Å². The van der Waals surface area contributed by atoms with Crippen molar-refractivity contribution in [1.82, 2.24) is 0 Å². The second kappa shape index (κ2) is 3.74. The Morgan fingerprint density at radius 1 is 1.29 bits per heavy atom. The highest BCUT2D eigenvalue weighted by Gasteiger charge is 2.31. The van der Waals surface area contributed by atoms with Crippen LogP contribution in [0.5, 0.6) is 5.75 Å². The molecule has 1 rings (SSSR count). The van der Waals surface area contributed by atoms with E-state index < -0.39 is 6.36 Å². The molecule has 0 heterocycles. The average molecular weight is 202 g/mol. The maximum Gasteiger partial charge on any atom is 0.573 e. The van der Waals surface area contributed by atoms with Gasteiger partial charge in [-0.3, -0.25) is 0 Å². The number of alkyl halides is 3. The van der Waals surface area contributed by atoms with Crippen LogP contribution in [0, 0.1) is 0 Å². The lowest BCUT2D eigenvalue weighted by Gasteiger charge is -2.12. The first-order valence-electron chi connectivity index (χ1n) is 3.91. The van der Waals surface area contributed by atoms with Crippen LogP contribution in [0.2, 0.25) is 0 Å². The van der Waals surface area contributed by atoms with Crippen molar-refractivity contribution in [2.45, 2.75) is 13.3 Å². The zero-order valence-corrected chi connectivity index (χ0v) is 7.56. The average Bonchev–Trinajstić information content (AvgIpc) is 2.01. The van der Waals surface area contributed by atoms with Gasteiger partial charge in [0.1, 0.15) is 5.75 Å². The highest BCUT2D eigenvalue weighted by Crippen LogP contribution is 2.29. The van der Waals surface area contributed by atoms with E-state index >= 15 is 0 Å². The van der Waals surface area contributed by atoms with E-state index in [1.54, 1.807) is 13.0 Å². The number of allylic oxidation sites excluding steroid dienone is 1. The van der Waals surface area contributed by atoms with Gasteiger partial charge >= 0.3 is 6.36 Å². The standard InChI is InChI=1S/C10H9F3O/c1-7(2)8-5-3-4-6-9(8)14-10(11,12)13/h3-6H,1H2,2H3. The molecule has 0 unspecified atom stereocenters. The molecule has 0 amide bonds. The smallest absolute Gasteiger partial charge is 0.405 e. The zero-order valence-electron chi connectivity index (χ0n) is 7.56. The van der Waals surface area contributed by atoms with E-state index in [9.17, 15) is 13.2 Å². The van der Waals surface area contributed by atoms with E-state index in [1.165, 1.54) is 18.2 Å². The third kappa shape index (κ3) is 2.80. The van der Waals surface area contributed by atoms with Gasteiger partial charge in [0.15, 0.2) is 0 Å². The van der Waals surface area contributed by atoms with E-state index in [0.717, 1.165) is 0 Å². The molecule has 0 aliphatic rings. The predicted molar refractivity (Wildman–Crippen MR) is 47.8 cm³/mol. The van der Waals surface area contributed by atoms with Crippen LogP contribution < -0.4 is 4.74 Å². The summed E-state index contributed by atoms with van der Waals surface area (Å²) in [5.41, 5.74) is 0.898. The Hall–Kier alpha value is -1.45. The van der Waals surface area contributed by atoms with Gasteiger partial charge in [-0.2, -0.15) is 0 Å². The first kappa shape index (κ1) is 10.6. The van der Waals surface area contributed by atoms with Gasteiger partial charge in [-0.25, -0.2) is 0 Å². The molecule has 1 aromatic carbocycles. The minimum Gasteiger partial charge on any atom is -0.405 e. The molecule has 0 radical (unpaired) electrons. The summed E-state index contributed by atoms with van der Waals surface area (Å²) in [6.45, 7) is 5.19. The van der Waals surface area contributed by atoms with Gasteiger partial charge in [0, 0.05) is 5.56 Å². The SMILES string of the molecule is C=C(C)c1ccccc1OC(F)(F)F. The Morgan fingerprint density at radius 2 is 1.86 bits per heavy atom. The summed E-state index contributed by atoms with van der Waals surface area (Å²) in [6.07, 6.45) is -4.66. The number of rotatable bonds is 2. The van der Waals surface area contributed by atoms with Crippen LogP contribution in [0.25, 0.3) is 5.57 Å². The number of halogens is 3. The van der Waals surface area contributed by atoms with E-state index in [0.29, 0.717) is 11.1 Å². The lowest BCUT2D eigenvalue weighted by Crippen LogP contribution is -2.17. The summed E-state index contributed by atoms with van der Waals surface area (Å²) in [7, 11) is 0. The molecule has 0 aromatic heterocycles. The quantitative estimate of drug-likeness (QED) is 0.711. The third-order valence-corrected chi connectivity index (χ3v) is 1.57. The van der Waals surface area contributed by atoms with E-state index in [2.05, 4.69) is 11.3 Å². The van der Waals surface area contributed by atoms with Gasteiger partial charge in [-0.1, -0.05) is 24.8 Å². The molecule has 0 aliphatic carbocycles. The van der Waals surface area contributed by atoms with Gasteiger partial charge in [0.05, 0.1) is 0 Å². The molecule has 0 aliphatic heterocycles. The Labute approximate surface area is 79.8 Å². The maximum absolute atomic E-state index is 11.9. The molecule has 0 N–H and O–H groups in total. The van der Waals surface area contributed by atoms with Crippen LogP contribution in [0.1, 0.15) is 12.5 Å². The van der Waals surface area contributed by atoms with E-state index in [-0.39, 0.29) is 5.75 Å². The van der Waals surface area contributed by atoms with Gasteiger partial charge in [0.2, 0.25) is 0 Å². The van der Waals surface area contributed by atoms with Crippen molar-refractivity contribution in [3.05, 3.63) is 36.4 Å². The van der Waals surface area contributed by atoms with Crippen LogP contribution in [-0.4, -0.2) is 6.36 Å². The zero-order chi connectivity index (χ0) is 10.8. The molecule has 1 nitrogen and oxygen atoms in total. The second-order valence-corrected chi connectivity index (χ2v) is 2.82. The highest BCUT2D eigenvalue weighted by molar-refractivity contribution is 5.66. The predicted octanol–water partition coefficient (Wildman–Crippen LogP) is 3.62. The van der Waals surface area contributed by atoms with Crippen molar-refractivity contribution in [3.63, 3.8) is 0 Å². The normalized spacial score (nSPS) is 11.1. The summed E-state index contributed by atoms with van der Waals surface area (Å²) in [4.78, 5) is 0. The largest absolute Gasteiger partial charge is 0.573 e. The summed E-state index contributed by atoms with van der Waals surface area (Å²) in [5.74, 6) is -0.215. The highest BCUT2D eigenvalue weighted by atomic mass is 19.4. The van der Waals surface area contributed by atoms with Gasteiger partial charge < -0.3 is 4.74 Å². The molecule has 0 saturated carbocycles. The molecule has 0 spiro atoms. The molecule has 0 atom stereocenters. The number of para-hydroxylation sites is 1. The molecule has 0 fully saturated rings. The van der Waals surface area contributed by atoms with Crippen molar-refractivity contribution in [2.24, 2.45) is 0 Å². The van der Waals surface area contributed by atoms with Crippen molar-refractivity contribution >= 4 is 5.57 Å². The van der Waals surface area contributed by atoms with Crippen molar-refractivity contribution in [2.75, 3.05) is 0 Å².